The van der Waals surface area contributed by atoms with E-state index in [1.165, 1.54) is 0 Å². The number of halogens is 1. The lowest BCUT2D eigenvalue weighted by molar-refractivity contribution is 0.0535. The molecule has 1 aliphatic rings. The number of nitrogens with zero attached hydrogens (tertiary/aromatic N) is 2. The number of amides is 2. The monoisotopic (exact) mass is 388 g/mol. The molecule has 6 heteroatoms. The van der Waals surface area contributed by atoms with Gasteiger partial charge >= 0.3 is 0 Å². The van der Waals surface area contributed by atoms with E-state index in [-0.39, 0.29) is 11.8 Å². The molecule has 0 spiro atoms. The van der Waals surface area contributed by atoms with Crippen molar-refractivity contribution in [3.05, 3.63) is 64.2 Å². The molecule has 1 saturated heterocycles. The van der Waals surface area contributed by atoms with Crippen LogP contribution in [0.1, 0.15) is 26.3 Å². The fourth-order valence-electron chi connectivity index (χ4n) is 3.05. The Labute approximate surface area is 163 Å². The number of carbonyl (C=O) groups excluding carboxylic acids is 2. The highest BCUT2D eigenvalue weighted by Crippen LogP contribution is 2.21. The summed E-state index contributed by atoms with van der Waals surface area (Å²) in [5.41, 5.74) is 2.30. The van der Waals surface area contributed by atoms with Crippen LogP contribution in [0, 0.1) is 6.92 Å². The van der Waals surface area contributed by atoms with Gasteiger partial charge in [0.05, 0.1) is 0 Å². The first-order valence-corrected chi connectivity index (χ1v) is 10.1. The SMILES string of the molecule is CSc1ccc(C)c(C(=O)N2CCN(C(=O)c3cccc(Cl)c3)CC2)c1. The summed E-state index contributed by atoms with van der Waals surface area (Å²) in [7, 11) is 0. The Kier molecular flexibility index (Phi) is 5.89. The van der Waals surface area contributed by atoms with Crippen molar-refractivity contribution in [1.29, 1.82) is 0 Å². The normalized spacial score (nSPS) is 14.4. The zero-order valence-corrected chi connectivity index (χ0v) is 16.4. The summed E-state index contributed by atoms with van der Waals surface area (Å²) in [4.78, 5) is 30.2. The molecule has 26 heavy (non-hydrogen) atoms. The van der Waals surface area contributed by atoms with Crippen LogP contribution >= 0.6 is 23.4 Å². The second-order valence-corrected chi connectivity index (χ2v) is 7.59. The fourth-order valence-corrected chi connectivity index (χ4v) is 3.68. The predicted octanol–water partition coefficient (Wildman–Crippen LogP) is 3.97. The zero-order valence-electron chi connectivity index (χ0n) is 14.9. The summed E-state index contributed by atoms with van der Waals surface area (Å²) in [6, 6.07) is 12.9. The molecule has 2 amide bonds. The number of hydrogen-bond acceptors (Lipinski definition) is 3. The average molecular weight is 389 g/mol. The Hall–Kier alpha value is -1.98. The molecular weight excluding hydrogens is 368 g/mol. The third-order valence-electron chi connectivity index (χ3n) is 4.60. The quantitative estimate of drug-likeness (QED) is 0.747. The van der Waals surface area contributed by atoms with E-state index in [1.54, 1.807) is 40.9 Å². The molecule has 0 aliphatic carbocycles. The molecule has 0 N–H and O–H groups in total. The van der Waals surface area contributed by atoms with Gasteiger partial charge < -0.3 is 9.80 Å². The second-order valence-electron chi connectivity index (χ2n) is 6.28. The van der Waals surface area contributed by atoms with Gasteiger partial charge in [0.1, 0.15) is 0 Å². The number of aryl methyl sites for hydroxylation is 1. The van der Waals surface area contributed by atoms with Crippen molar-refractivity contribution in [1.82, 2.24) is 9.80 Å². The topological polar surface area (TPSA) is 40.6 Å². The maximum Gasteiger partial charge on any atom is 0.254 e. The van der Waals surface area contributed by atoms with Gasteiger partial charge in [-0.05, 0) is 49.1 Å². The molecule has 2 aromatic carbocycles. The van der Waals surface area contributed by atoms with Gasteiger partial charge in [-0.15, -0.1) is 11.8 Å². The van der Waals surface area contributed by atoms with E-state index < -0.39 is 0 Å². The Morgan fingerprint density at radius 3 is 2.23 bits per heavy atom. The molecular formula is C20H21ClN2O2S. The first-order chi connectivity index (χ1) is 12.5. The van der Waals surface area contributed by atoms with Crippen molar-refractivity contribution in [3.63, 3.8) is 0 Å². The Balaban J connectivity index is 1.67. The summed E-state index contributed by atoms with van der Waals surface area (Å²) in [6.45, 7) is 4.08. The number of carbonyl (C=O) groups is 2. The number of benzene rings is 2. The van der Waals surface area contributed by atoms with Gasteiger partial charge in [-0.1, -0.05) is 23.7 Å². The number of piperazine rings is 1. The van der Waals surface area contributed by atoms with E-state index >= 15 is 0 Å². The molecule has 0 radical (unpaired) electrons. The van der Waals surface area contributed by atoms with E-state index in [4.69, 9.17) is 11.6 Å². The van der Waals surface area contributed by atoms with Crippen LogP contribution in [0.25, 0.3) is 0 Å². The molecule has 2 aromatic rings. The van der Waals surface area contributed by atoms with Gasteiger partial charge in [-0.3, -0.25) is 9.59 Å². The van der Waals surface area contributed by atoms with Crippen LogP contribution in [0.2, 0.25) is 5.02 Å². The molecule has 0 unspecified atom stereocenters. The van der Waals surface area contributed by atoms with Crippen LogP contribution in [-0.4, -0.2) is 54.0 Å². The van der Waals surface area contributed by atoms with Crippen LogP contribution in [-0.2, 0) is 0 Å². The van der Waals surface area contributed by atoms with E-state index in [1.807, 2.05) is 36.3 Å². The van der Waals surface area contributed by atoms with Crippen molar-refractivity contribution in [2.24, 2.45) is 0 Å². The van der Waals surface area contributed by atoms with E-state index in [9.17, 15) is 9.59 Å². The van der Waals surface area contributed by atoms with Crippen molar-refractivity contribution < 1.29 is 9.59 Å². The summed E-state index contributed by atoms with van der Waals surface area (Å²) in [6.07, 6.45) is 2.00. The standard InChI is InChI=1S/C20H21ClN2O2S/c1-14-6-7-17(26-2)13-18(14)20(25)23-10-8-22(9-11-23)19(24)15-4-3-5-16(21)12-15/h3-7,12-13H,8-11H2,1-2H3. The number of rotatable bonds is 3. The lowest BCUT2D eigenvalue weighted by atomic mass is 10.1. The summed E-state index contributed by atoms with van der Waals surface area (Å²) < 4.78 is 0. The van der Waals surface area contributed by atoms with Crippen molar-refractivity contribution >= 4 is 35.2 Å². The molecule has 1 heterocycles. The van der Waals surface area contributed by atoms with E-state index in [2.05, 4.69) is 0 Å². The minimum absolute atomic E-state index is 0.0354. The highest BCUT2D eigenvalue weighted by atomic mass is 35.5. The lowest BCUT2D eigenvalue weighted by Gasteiger charge is -2.35. The van der Waals surface area contributed by atoms with E-state index in [0.717, 1.165) is 16.0 Å². The highest BCUT2D eigenvalue weighted by molar-refractivity contribution is 7.98. The van der Waals surface area contributed by atoms with Crippen LogP contribution in [0.3, 0.4) is 0 Å². The third-order valence-corrected chi connectivity index (χ3v) is 5.56. The first kappa shape index (κ1) is 18.8. The van der Waals surface area contributed by atoms with Gasteiger partial charge in [-0.2, -0.15) is 0 Å². The molecule has 136 valence electrons. The van der Waals surface area contributed by atoms with Gasteiger partial charge in [0, 0.05) is 47.2 Å². The molecule has 0 bridgehead atoms. The Morgan fingerprint density at radius 2 is 1.62 bits per heavy atom. The minimum atomic E-state index is -0.0415. The fraction of sp³-hybridized carbons (Fsp3) is 0.300. The molecule has 0 saturated carbocycles. The second kappa shape index (κ2) is 8.14. The summed E-state index contributed by atoms with van der Waals surface area (Å²) >= 11 is 7.60. The lowest BCUT2D eigenvalue weighted by Crippen LogP contribution is -2.50. The summed E-state index contributed by atoms with van der Waals surface area (Å²) in [5.74, 6) is -0.00610. The predicted molar refractivity (Wildman–Crippen MR) is 106 cm³/mol. The molecule has 1 fully saturated rings. The molecule has 0 aromatic heterocycles. The molecule has 4 nitrogen and oxygen atoms in total. The van der Waals surface area contributed by atoms with Crippen LogP contribution in [0.4, 0.5) is 0 Å². The molecule has 1 aliphatic heterocycles. The smallest absolute Gasteiger partial charge is 0.254 e. The molecule has 0 atom stereocenters. The Morgan fingerprint density at radius 1 is 0.962 bits per heavy atom. The highest BCUT2D eigenvalue weighted by Gasteiger charge is 2.26. The van der Waals surface area contributed by atoms with Crippen molar-refractivity contribution in [2.45, 2.75) is 11.8 Å². The maximum atomic E-state index is 12.9. The maximum absolute atomic E-state index is 12.9. The molecule has 3 rings (SSSR count). The van der Waals surface area contributed by atoms with E-state index in [0.29, 0.717) is 36.8 Å². The number of thioether (sulfide) groups is 1. The Bertz CT molecular complexity index is 832. The number of hydrogen-bond donors (Lipinski definition) is 0. The van der Waals surface area contributed by atoms with Gasteiger partial charge in [-0.25, -0.2) is 0 Å². The van der Waals surface area contributed by atoms with Gasteiger partial charge in [0.2, 0.25) is 0 Å². The van der Waals surface area contributed by atoms with Crippen molar-refractivity contribution in [3.8, 4) is 0 Å². The van der Waals surface area contributed by atoms with Gasteiger partial charge in [0.15, 0.2) is 0 Å². The summed E-state index contributed by atoms with van der Waals surface area (Å²) in [5, 5.41) is 0.550. The zero-order chi connectivity index (χ0) is 18.7. The third kappa shape index (κ3) is 4.05. The van der Waals surface area contributed by atoms with Gasteiger partial charge in [0.25, 0.3) is 11.8 Å². The van der Waals surface area contributed by atoms with Crippen LogP contribution in [0.15, 0.2) is 47.4 Å². The van der Waals surface area contributed by atoms with Crippen LogP contribution in [0.5, 0.6) is 0 Å². The van der Waals surface area contributed by atoms with Crippen LogP contribution < -0.4 is 0 Å². The largest absolute Gasteiger partial charge is 0.335 e. The first-order valence-electron chi connectivity index (χ1n) is 8.48. The van der Waals surface area contributed by atoms with Crippen molar-refractivity contribution in [2.75, 3.05) is 32.4 Å². The average Bonchev–Trinajstić information content (AvgIpc) is 2.67. The minimum Gasteiger partial charge on any atom is -0.335 e.